The fraction of sp³-hybridized carbons (Fsp3) is 0.462. The van der Waals surface area contributed by atoms with Gasteiger partial charge in [-0.2, -0.15) is 0 Å². The zero-order valence-corrected chi connectivity index (χ0v) is 11.1. The molecule has 0 aliphatic heterocycles. The molecular weight excluding hydrogens is 261 g/mol. The van der Waals surface area contributed by atoms with E-state index in [0.717, 1.165) is 0 Å². The van der Waals surface area contributed by atoms with Crippen molar-refractivity contribution in [2.24, 2.45) is 0 Å². The summed E-state index contributed by atoms with van der Waals surface area (Å²) in [6, 6.07) is 4.24. The molecule has 0 bridgehead atoms. The quantitative estimate of drug-likeness (QED) is 0.790. The first-order chi connectivity index (χ1) is 8.53. The van der Waals surface area contributed by atoms with Gasteiger partial charge in [0, 0.05) is 12.5 Å². The van der Waals surface area contributed by atoms with E-state index in [2.05, 4.69) is 4.74 Å². The fourth-order valence-corrected chi connectivity index (χ4v) is 1.92. The average molecular weight is 276 g/mol. The van der Waals surface area contributed by atoms with Gasteiger partial charge in [-0.1, -0.05) is 12.1 Å². The molecule has 6 heteroatoms. The Balaban J connectivity index is 3.17. The van der Waals surface area contributed by atoms with Crippen LogP contribution in [0.1, 0.15) is 31.9 Å². The first-order valence-corrected chi connectivity index (χ1v) is 5.58. The minimum absolute atomic E-state index is 0.283. The van der Waals surface area contributed by atoms with Crippen LogP contribution in [0.5, 0.6) is 5.75 Å². The molecule has 1 aromatic rings. The van der Waals surface area contributed by atoms with E-state index >= 15 is 0 Å². The van der Waals surface area contributed by atoms with Gasteiger partial charge in [0.2, 0.25) is 0 Å². The van der Waals surface area contributed by atoms with Crippen LogP contribution in [0.2, 0.25) is 0 Å². The second kappa shape index (κ2) is 5.11. The van der Waals surface area contributed by atoms with Crippen molar-refractivity contribution in [2.45, 2.75) is 39.7 Å². The number of hydrogen-bond donors (Lipinski definition) is 0. The first-order valence-electron chi connectivity index (χ1n) is 5.58. The Bertz CT molecular complexity index is 479. The summed E-state index contributed by atoms with van der Waals surface area (Å²) in [4.78, 5) is 11.0. The van der Waals surface area contributed by atoms with Crippen LogP contribution in [0, 0.1) is 6.92 Å². The third kappa shape index (κ3) is 4.15. The van der Waals surface area contributed by atoms with Gasteiger partial charge in [0.15, 0.2) is 0 Å². The van der Waals surface area contributed by atoms with Crippen molar-refractivity contribution in [1.82, 2.24) is 0 Å². The Kier molecular flexibility index (Phi) is 4.12. The molecule has 0 N–H and O–H groups in total. The zero-order chi connectivity index (χ0) is 14.8. The van der Waals surface area contributed by atoms with Crippen LogP contribution >= 0.6 is 0 Å². The number of alkyl halides is 3. The van der Waals surface area contributed by atoms with Crippen LogP contribution in [0.15, 0.2) is 18.2 Å². The minimum atomic E-state index is -4.76. The monoisotopic (exact) mass is 276 g/mol. The van der Waals surface area contributed by atoms with E-state index in [1.54, 1.807) is 19.9 Å². The largest absolute Gasteiger partial charge is 0.573 e. The molecule has 0 aromatic heterocycles. The SMILES string of the molecule is CC(=O)OC(C)(C)c1cccc(OC(F)(F)F)c1C. The van der Waals surface area contributed by atoms with E-state index in [1.807, 2.05) is 0 Å². The van der Waals surface area contributed by atoms with Crippen LogP contribution in [0.4, 0.5) is 13.2 Å². The zero-order valence-electron chi connectivity index (χ0n) is 11.1. The fourth-order valence-electron chi connectivity index (χ4n) is 1.92. The summed E-state index contributed by atoms with van der Waals surface area (Å²) in [5.74, 6) is -0.809. The Morgan fingerprint density at radius 2 is 1.79 bits per heavy atom. The van der Waals surface area contributed by atoms with E-state index in [9.17, 15) is 18.0 Å². The van der Waals surface area contributed by atoms with Crippen LogP contribution in [-0.4, -0.2) is 12.3 Å². The molecule has 106 valence electrons. The summed E-state index contributed by atoms with van der Waals surface area (Å²) in [6.45, 7) is 5.94. The van der Waals surface area contributed by atoms with Crippen molar-refractivity contribution >= 4 is 5.97 Å². The second-order valence-electron chi connectivity index (χ2n) is 4.58. The van der Waals surface area contributed by atoms with Gasteiger partial charge in [0.05, 0.1) is 0 Å². The normalized spacial score (nSPS) is 12.2. The second-order valence-corrected chi connectivity index (χ2v) is 4.58. The van der Waals surface area contributed by atoms with Gasteiger partial charge >= 0.3 is 12.3 Å². The molecule has 0 saturated heterocycles. The number of benzene rings is 1. The van der Waals surface area contributed by atoms with Gasteiger partial charge < -0.3 is 9.47 Å². The van der Waals surface area contributed by atoms with Gasteiger partial charge in [-0.3, -0.25) is 4.79 Å². The lowest BCUT2D eigenvalue weighted by Gasteiger charge is -2.27. The molecule has 0 radical (unpaired) electrons. The molecule has 0 saturated carbocycles. The molecular formula is C13H15F3O3. The highest BCUT2D eigenvalue weighted by molar-refractivity contribution is 5.67. The average Bonchev–Trinajstić information content (AvgIpc) is 2.16. The van der Waals surface area contributed by atoms with Crippen LogP contribution in [-0.2, 0) is 15.1 Å². The van der Waals surface area contributed by atoms with Crippen molar-refractivity contribution < 1.29 is 27.4 Å². The van der Waals surface area contributed by atoms with Gasteiger partial charge in [0.1, 0.15) is 11.4 Å². The van der Waals surface area contributed by atoms with Gasteiger partial charge in [-0.05, 0) is 32.4 Å². The highest BCUT2D eigenvalue weighted by Crippen LogP contribution is 2.34. The summed E-state index contributed by atoms with van der Waals surface area (Å²) in [5, 5.41) is 0. The predicted molar refractivity (Wildman–Crippen MR) is 62.7 cm³/mol. The first kappa shape index (κ1) is 15.3. The number of ether oxygens (including phenoxy) is 2. The summed E-state index contributed by atoms with van der Waals surface area (Å²) < 4.78 is 45.8. The van der Waals surface area contributed by atoms with Crippen molar-refractivity contribution in [3.05, 3.63) is 29.3 Å². The van der Waals surface area contributed by atoms with Gasteiger partial charge in [-0.25, -0.2) is 0 Å². The number of rotatable bonds is 3. The Labute approximate surface area is 109 Å². The smallest absolute Gasteiger partial charge is 0.455 e. The maximum Gasteiger partial charge on any atom is 0.573 e. The molecule has 0 fully saturated rings. The number of carbonyl (C=O) groups excluding carboxylic acids is 1. The van der Waals surface area contributed by atoms with Crippen molar-refractivity contribution in [3.8, 4) is 5.75 Å². The highest BCUT2D eigenvalue weighted by Gasteiger charge is 2.33. The summed E-state index contributed by atoms with van der Waals surface area (Å²) in [7, 11) is 0. The molecule has 1 aromatic carbocycles. The number of hydrogen-bond acceptors (Lipinski definition) is 3. The van der Waals surface area contributed by atoms with Gasteiger partial charge in [-0.15, -0.1) is 13.2 Å². The van der Waals surface area contributed by atoms with Crippen molar-refractivity contribution in [2.75, 3.05) is 0 Å². The van der Waals surface area contributed by atoms with Crippen LogP contribution in [0.3, 0.4) is 0 Å². The molecule has 0 unspecified atom stereocenters. The summed E-state index contributed by atoms with van der Waals surface area (Å²) >= 11 is 0. The summed E-state index contributed by atoms with van der Waals surface area (Å²) in [5.41, 5.74) is -0.281. The molecule has 0 amide bonds. The third-order valence-corrected chi connectivity index (χ3v) is 2.56. The maximum atomic E-state index is 12.3. The molecule has 0 spiro atoms. The maximum absolute atomic E-state index is 12.3. The van der Waals surface area contributed by atoms with E-state index in [1.165, 1.54) is 26.0 Å². The van der Waals surface area contributed by atoms with E-state index in [0.29, 0.717) is 5.56 Å². The lowest BCUT2D eigenvalue weighted by Crippen LogP contribution is -2.26. The van der Waals surface area contributed by atoms with Crippen molar-refractivity contribution in [1.29, 1.82) is 0 Å². The minimum Gasteiger partial charge on any atom is -0.455 e. The molecule has 0 aliphatic rings. The number of esters is 1. The lowest BCUT2D eigenvalue weighted by molar-refractivity contribution is -0.274. The molecule has 19 heavy (non-hydrogen) atoms. The lowest BCUT2D eigenvalue weighted by atomic mass is 9.93. The van der Waals surface area contributed by atoms with Gasteiger partial charge in [0.25, 0.3) is 0 Å². The Hall–Kier alpha value is -1.72. The van der Waals surface area contributed by atoms with Crippen LogP contribution < -0.4 is 4.74 Å². The number of carbonyl (C=O) groups is 1. The topological polar surface area (TPSA) is 35.5 Å². The molecule has 0 heterocycles. The molecule has 3 nitrogen and oxygen atoms in total. The Morgan fingerprint density at radius 1 is 1.21 bits per heavy atom. The molecule has 0 aliphatic carbocycles. The molecule has 0 atom stereocenters. The summed E-state index contributed by atoms with van der Waals surface area (Å²) in [6.07, 6.45) is -4.76. The van der Waals surface area contributed by atoms with E-state index < -0.39 is 17.9 Å². The van der Waals surface area contributed by atoms with Crippen LogP contribution in [0.25, 0.3) is 0 Å². The Morgan fingerprint density at radius 3 is 2.26 bits per heavy atom. The highest BCUT2D eigenvalue weighted by atomic mass is 19.4. The van der Waals surface area contributed by atoms with E-state index in [-0.39, 0.29) is 11.3 Å². The third-order valence-electron chi connectivity index (χ3n) is 2.56. The number of halogens is 3. The standard InChI is InChI=1S/C13H15F3O3/c1-8-10(12(3,4)18-9(2)17)6-5-7-11(8)19-13(14,15)16/h5-7H,1-4H3. The van der Waals surface area contributed by atoms with E-state index in [4.69, 9.17) is 4.74 Å². The molecule has 1 rings (SSSR count). The van der Waals surface area contributed by atoms with Crippen molar-refractivity contribution in [3.63, 3.8) is 0 Å². The predicted octanol–water partition coefficient (Wildman–Crippen LogP) is 3.69.